The molecule has 1 unspecified atom stereocenters. The van der Waals surface area contributed by atoms with Gasteiger partial charge >= 0.3 is 11.9 Å². The molecule has 0 amide bonds. The van der Waals surface area contributed by atoms with Gasteiger partial charge in [-0.05, 0) is 12.1 Å². The molecule has 0 saturated heterocycles. The van der Waals surface area contributed by atoms with E-state index >= 15 is 0 Å². The van der Waals surface area contributed by atoms with Crippen molar-refractivity contribution in [2.45, 2.75) is 6.10 Å². The quantitative estimate of drug-likeness (QED) is 0.829. The van der Waals surface area contributed by atoms with Gasteiger partial charge in [0.25, 0.3) is 0 Å². The van der Waals surface area contributed by atoms with Crippen LogP contribution < -0.4 is 10.1 Å². The average molecular weight is 235 g/mol. The van der Waals surface area contributed by atoms with E-state index in [1.54, 1.807) is 18.4 Å². The first-order valence-corrected chi connectivity index (χ1v) is 5.05. The standard InChI is InChI=1S/C11H9NO5/c13-10(14)8-4-6-11(16-8)17-9(5-12-6)7-2-1-3-15-7/h1-4,9,12H,5H2,(H,13,14). The summed E-state index contributed by atoms with van der Waals surface area (Å²) in [6.07, 6.45) is 1.24. The molecule has 0 aromatic carbocycles. The maximum Gasteiger partial charge on any atom is 0.372 e. The molecule has 0 aliphatic carbocycles. The van der Waals surface area contributed by atoms with E-state index in [2.05, 4.69) is 5.32 Å². The molecule has 1 atom stereocenters. The summed E-state index contributed by atoms with van der Waals surface area (Å²) >= 11 is 0. The Morgan fingerprint density at radius 2 is 2.41 bits per heavy atom. The largest absolute Gasteiger partial charge is 0.475 e. The van der Waals surface area contributed by atoms with Crippen LogP contribution in [0.15, 0.2) is 33.3 Å². The molecule has 3 heterocycles. The molecular formula is C11H9NO5. The van der Waals surface area contributed by atoms with Gasteiger partial charge in [0.05, 0.1) is 12.8 Å². The smallest absolute Gasteiger partial charge is 0.372 e. The summed E-state index contributed by atoms with van der Waals surface area (Å²) in [5.74, 6) is -0.437. The Balaban J connectivity index is 1.88. The molecule has 0 spiro atoms. The second kappa shape index (κ2) is 3.58. The van der Waals surface area contributed by atoms with E-state index in [0.29, 0.717) is 18.0 Å². The second-order valence-electron chi connectivity index (χ2n) is 3.62. The van der Waals surface area contributed by atoms with Crippen LogP contribution in [0, 0.1) is 0 Å². The zero-order valence-corrected chi connectivity index (χ0v) is 8.67. The Kier molecular flexibility index (Phi) is 2.07. The number of aromatic carboxylic acids is 1. The second-order valence-corrected chi connectivity index (χ2v) is 3.62. The maximum absolute atomic E-state index is 10.7. The lowest BCUT2D eigenvalue weighted by molar-refractivity contribution is 0.0643. The Labute approximate surface area is 95.8 Å². The molecule has 2 aromatic rings. The summed E-state index contributed by atoms with van der Waals surface area (Å²) in [4.78, 5) is 10.7. The van der Waals surface area contributed by atoms with Gasteiger partial charge in [-0.15, -0.1) is 0 Å². The number of furan rings is 2. The lowest BCUT2D eigenvalue weighted by Crippen LogP contribution is -2.22. The van der Waals surface area contributed by atoms with Crippen molar-refractivity contribution in [3.8, 4) is 5.95 Å². The fourth-order valence-electron chi connectivity index (χ4n) is 1.70. The molecule has 1 aliphatic heterocycles. The summed E-state index contributed by atoms with van der Waals surface area (Å²) in [5, 5.41) is 11.8. The van der Waals surface area contributed by atoms with Crippen LogP contribution in [0.5, 0.6) is 5.95 Å². The van der Waals surface area contributed by atoms with Crippen LogP contribution in [0.3, 0.4) is 0 Å². The molecule has 2 N–H and O–H groups in total. The fraction of sp³-hybridized carbons (Fsp3) is 0.182. The van der Waals surface area contributed by atoms with Crippen LogP contribution in [0.2, 0.25) is 0 Å². The molecule has 17 heavy (non-hydrogen) atoms. The first-order valence-electron chi connectivity index (χ1n) is 5.05. The van der Waals surface area contributed by atoms with Gasteiger partial charge in [0.2, 0.25) is 5.76 Å². The number of fused-ring (bicyclic) bond motifs is 1. The number of nitrogens with one attached hydrogen (secondary N) is 1. The van der Waals surface area contributed by atoms with Gasteiger partial charge in [-0.2, -0.15) is 0 Å². The van der Waals surface area contributed by atoms with E-state index in [-0.39, 0.29) is 17.8 Å². The Bertz CT molecular complexity index is 542. The number of hydrogen-bond acceptors (Lipinski definition) is 5. The Morgan fingerprint density at radius 3 is 3.12 bits per heavy atom. The third-order valence-electron chi connectivity index (χ3n) is 2.50. The van der Waals surface area contributed by atoms with Crippen LogP contribution in [0.25, 0.3) is 0 Å². The normalized spacial score (nSPS) is 18.0. The third-order valence-corrected chi connectivity index (χ3v) is 2.50. The van der Waals surface area contributed by atoms with E-state index in [1.807, 2.05) is 0 Å². The highest BCUT2D eigenvalue weighted by Gasteiger charge is 2.27. The highest BCUT2D eigenvalue weighted by Crippen LogP contribution is 2.36. The summed E-state index contributed by atoms with van der Waals surface area (Å²) in [5.41, 5.74) is 0.546. The molecule has 88 valence electrons. The first kappa shape index (κ1) is 9.83. The molecule has 1 aliphatic rings. The zero-order valence-electron chi connectivity index (χ0n) is 8.67. The van der Waals surface area contributed by atoms with Crippen molar-refractivity contribution in [1.29, 1.82) is 0 Å². The number of rotatable bonds is 2. The van der Waals surface area contributed by atoms with Crippen LogP contribution in [0.4, 0.5) is 5.69 Å². The van der Waals surface area contributed by atoms with Gasteiger partial charge in [-0.25, -0.2) is 4.79 Å². The van der Waals surface area contributed by atoms with Crippen LogP contribution in [-0.4, -0.2) is 17.6 Å². The third kappa shape index (κ3) is 1.63. The molecular weight excluding hydrogens is 226 g/mol. The number of carboxylic acids is 1. The number of carboxylic acid groups (broad SMARTS) is 1. The molecule has 0 radical (unpaired) electrons. The van der Waals surface area contributed by atoms with E-state index in [4.69, 9.17) is 18.7 Å². The lowest BCUT2D eigenvalue weighted by atomic mass is 10.2. The summed E-state index contributed by atoms with van der Waals surface area (Å²) in [7, 11) is 0. The fourth-order valence-corrected chi connectivity index (χ4v) is 1.70. The van der Waals surface area contributed by atoms with Crippen LogP contribution >= 0.6 is 0 Å². The van der Waals surface area contributed by atoms with Gasteiger partial charge in [0.15, 0.2) is 6.10 Å². The summed E-state index contributed by atoms with van der Waals surface area (Å²) < 4.78 is 15.8. The first-order chi connectivity index (χ1) is 8.24. The predicted octanol–water partition coefficient (Wildman–Crippen LogP) is 2.12. The van der Waals surface area contributed by atoms with Crippen molar-refractivity contribution < 1.29 is 23.5 Å². The predicted molar refractivity (Wildman–Crippen MR) is 56.2 cm³/mol. The minimum Gasteiger partial charge on any atom is -0.475 e. The van der Waals surface area contributed by atoms with Gasteiger partial charge in [-0.3, -0.25) is 0 Å². The highest BCUT2D eigenvalue weighted by atomic mass is 16.6. The highest BCUT2D eigenvalue weighted by molar-refractivity contribution is 5.86. The molecule has 0 bridgehead atoms. The number of hydrogen-bond donors (Lipinski definition) is 2. The summed E-state index contributed by atoms with van der Waals surface area (Å²) in [6.45, 7) is 0.499. The van der Waals surface area contributed by atoms with E-state index in [1.165, 1.54) is 6.07 Å². The average Bonchev–Trinajstić information content (AvgIpc) is 2.97. The monoisotopic (exact) mass is 235 g/mol. The molecule has 2 aromatic heterocycles. The molecule has 0 fully saturated rings. The van der Waals surface area contributed by atoms with Crippen molar-refractivity contribution in [3.63, 3.8) is 0 Å². The van der Waals surface area contributed by atoms with Gasteiger partial charge in [-0.1, -0.05) is 0 Å². The van der Waals surface area contributed by atoms with Crippen molar-refractivity contribution in [1.82, 2.24) is 0 Å². The zero-order chi connectivity index (χ0) is 11.8. The van der Waals surface area contributed by atoms with Crippen LogP contribution in [-0.2, 0) is 0 Å². The number of carbonyl (C=O) groups is 1. The van der Waals surface area contributed by atoms with Crippen molar-refractivity contribution in [3.05, 3.63) is 36.0 Å². The van der Waals surface area contributed by atoms with Crippen molar-refractivity contribution in [2.24, 2.45) is 0 Å². The topological polar surface area (TPSA) is 84.8 Å². The summed E-state index contributed by atoms with van der Waals surface area (Å²) in [6, 6.07) is 4.95. The SMILES string of the molecule is O=C(O)c1cc2c(o1)OC(c1ccco1)CN2. The van der Waals surface area contributed by atoms with Crippen molar-refractivity contribution in [2.75, 3.05) is 11.9 Å². The van der Waals surface area contributed by atoms with E-state index in [0.717, 1.165) is 0 Å². The molecule has 0 saturated carbocycles. The molecule has 3 rings (SSSR count). The van der Waals surface area contributed by atoms with Gasteiger partial charge < -0.3 is 24.0 Å². The van der Waals surface area contributed by atoms with Crippen LogP contribution in [0.1, 0.15) is 22.4 Å². The minimum atomic E-state index is -1.13. The van der Waals surface area contributed by atoms with Crippen molar-refractivity contribution >= 4 is 11.7 Å². The van der Waals surface area contributed by atoms with Gasteiger partial charge in [0, 0.05) is 6.07 Å². The van der Waals surface area contributed by atoms with E-state index < -0.39 is 5.97 Å². The molecule has 6 heteroatoms. The Hall–Kier alpha value is -2.37. The van der Waals surface area contributed by atoms with E-state index in [9.17, 15) is 4.79 Å². The number of ether oxygens (including phenoxy) is 1. The Morgan fingerprint density at radius 1 is 1.53 bits per heavy atom. The minimum absolute atomic E-state index is 0.150. The van der Waals surface area contributed by atoms with Gasteiger partial charge in [0.1, 0.15) is 11.4 Å². The number of anilines is 1. The lowest BCUT2D eigenvalue weighted by Gasteiger charge is -2.21. The maximum atomic E-state index is 10.7. The molecule has 6 nitrogen and oxygen atoms in total.